The maximum Gasteiger partial charge on any atom is 0.256 e. The predicted octanol–water partition coefficient (Wildman–Crippen LogP) is 0.958. The van der Waals surface area contributed by atoms with Gasteiger partial charge >= 0.3 is 0 Å². The van der Waals surface area contributed by atoms with E-state index >= 15 is 0 Å². The fourth-order valence-corrected chi connectivity index (χ4v) is 4.87. The SMILES string of the molecule is O=C(C(O)c1ccccc1)N1CC2=C(C1)CN(S(=O)(=O)c1cccnc1)C2. The van der Waals surface area contributed by atoms with E-state index in [0.29, 0.717) is 18.7 Å². The van der Waals surface area contributed by atoms with Crippen molar-refractivity contribution in [2.24, 2.45) is 0 Å². The van der Waals surface area contributed by atoms with Crippen LogP contribution in [0.2, 0.25) is 0 Å². The van der Waals surface area contributed by atoms with Gasteiger partial charge in [-0.25, -0.2) is 8.42 Å². The van der Waals surface area contributed by atoms with E-state index in [4.69, 9.17) is 0 Å². The molecule has 2 aromatic rings. The second-order valence-corrected chi connectivity index (χ2v) is 8.61. The summed E-state index contributed by atoms with van der Waals surface area (Å²) in [5, 5.41) is 10.3. The van der Waals surface area contributed by atoms with Crippen molar-refractivity contribution in [3.8, 4) is 0 Å². The second kappa shape index (κ2) is 6.88. The molecule has 1 aromatic heterocycles. The number of pyridine rings is 1. The molecule has 3 heterocycles. The molecule has 2 aliphatic rings. The summed E-state index contributed by atoms with van der Waals surface area (Å²) in [6.07, 6.45) is 1.66. The van der Waals surface area contributed by atoms with Gasteiger partial charge in [0.1, 0.15) is 4.90 Å². The zero-order valence-corrected chi connectivity index (χ0v) is 15.3. The minimum absolute atomic E-state index is 0.165. The highest BCUT2D eigenvalue weighted by atomic mass is 32.2. The van der Waals surface area contributed by atoms with Gasteiger partial charge in [-0.2, -0.15) is 4.31 Å². The minimum Gasteiger partial charge on any atom is -0.378 e. The molecule has 0 radical (unpaired) electrons. The van der Waals surface area contributed by atoms with Gasteiger partial charge in [0.15, 0.2) is 6.10 Å². The van der Waals surface area contributed by atoms with Gasteiger partial charge in [0, 0.05) is 38.6 Å². The predicted molar refractivity (Wildman–Crippen MR) is 98.0 cm³/mol. The van der Waals surface area contributed by atoms with Gasteiger partial charge in [-0.1, -0.05) is 30.3 Å². The number of aliphatic hydroxyl groups excluding tert-OH is 1. The average molecular weight is 385 g/mol. The van der Waals surface area contributed by atoms with Crippen molar-refractivity contribution >= 4 is 15.9 Å². The third-order valence-corrected chi connectivity index (χ3v) is 6.71. The van der Waals surface area contributed by atoms with E-state index in [9.17, 15) is 18.3 Å². The molecule has 27 heavy (non-hydrogen) atoms. The number of hydrogen-bond donors (Lipinski definition) is 1. The van der Waals surface area contributed by atoms with Gasteiger partial charge < -0.3 is 10.0 Å². The highest BCUT2D eigenvalue weighted by molar-refractivity contribution is 7.89. The lowest BCUT2D eigenvalue weighted by molar-refractivity contribution is -0.139. The number of aliphatic hydroxyl groups is 1. The molecule has 0 spiro atoms. The van der Waals surface area contributed by atoms with Crippen LogP contribution in [0.1, 0.15) is 11.7 Å². The smallest absolute Gasteiger partial charge is 0.256 e. The van der Waals surface area contributed by atoms with E-state index in [2.05, 4.69) is 4.98 Å². The van der Waals surface area contributed by atoms with Gasteiger partial charge in [0.25, 0.3) is 5.91 Å². The van der Waals surface area contributed by atoms with E-state index in [1.54, 1.807) is 35.2 Å². The monoisotopic (exact) mass is 385 g/mol. The van der Waals surface area contributed by atoms with Crippen LogP contribution < -0.4 is 0 Å². The van der Waals surface area contributed by atoms with Crippen LogP contribution in [0.3, 0.4) is 0 Å². The van der Waals surface area contributed by atoms with Crippen molar-refractivity contribution in [3.05, 3.63) is 71.6 Å². The lowest BCUT2D eigenvalue weighted by Gasteiger charge is -2.24. The van der Waals surface area contributed by atoms with Gasteiger partial charge in [-0.15, -0.1) is 0 Å². The average Bonchev–Trinajstić information content (AvgIpc) is 3.28. The number of aromatic nitrogens is 1. The molecule has 1 N–H and O–H groups in total. The number of carbonyl (C=O) groups is 1. The maximum atomic E-state index is 12.7. The van der Waals surface area contributed by atoms with E-state index in [1.807, 2.05) is 6.07 Å². The van der Waals surface area contributed by atoms with Gasteiger partial charge in [-0.05, 0) is 28.8 Å². The van der Waals surface area contributed by atoms with Crippen LogP contribution in [0.4, 0.5) is 0 Å². The van der Waals surface area contributed by atoms with Gasteiger partial charge in [0.2, 0.25) is 10.0 Å². The summed E-state index contributed by atoms with van der Waals surface area (Å²) in [4.78, 5) is 18.2. The summed E-state index contributed by atoms with van der Waals surface area (Å²) >= 11 is 0. The Morgan fingerprint density at radius 2 is 1.67 bits per heavy atom. The topological polar surface area (TPSA) is 90.8 Å². The Bertz CT molecular complexity index is 972. The molecule has 2 aliphatic heterocycles. The lowest BCUT2D eigenvalue weighted by Crippen LogP contribution is -2.38. The van der Waals surface area contributed by atoms with Crippen LogP contribution in [-0.2, 0) is 14.8 Å². The largest absolute Gasteiger partial charge is 0.378 e. The molecule has 1 amide bonds. The molecular formula is C19H19N3O4S. The molecule has 1 unspecified atom stereocenters. The molecule has 1 aromatic carbocycles. The quantitative estimate of drug-likeness (QED) is 0.792. The second-order valence-electron chi connectivity index (χ2n) is 6.68. The zero-order valence-electron chi connectivity index (χ0n) is 14.5. The molecule has 0 fully saturated rings. The number of rotatable bonds is 4. The van der Waals surface area contributed by atoms with E-state index < -0.39 is 16.1 Å². The number of amides is 1. The molecule has 8 heteroatoms. The van der Waals surface area contributed by atoms with Crippen LogP contribution in [-0.4, -0.2) is 59.8 Å². The third-order valence-electron chi connectivity index (χ3n) is 4.93. The first-order chi connectivity index (χ1) is 13.0. The first-order valence-corrected chi connectivity index (χ1v) is 10.0. The van der Waals surface area contributed by atoms with Crippen LogP contribution in [0.15, 0.2) is 70.9 Å². The number of benzene rings is 1. The van der Waals surface area contributed by atoms with Crippen molar-refractivity contribution in [1.29, 1.82) is 0 Å². The third kappa shape index (κ3) is 3.27. The molecule has 0 aliphatic carbocycles. The van der Waals surface area contributed by atoms with Crippen molar-refractivity contribution < 1.29 is 18.3 Å². The highest BCUT2D eigenvalue weighted by Crippen LogP contribution is 2.31. The maximum absolute atomic E-state index is 12.7. The fraction of sp³-hybridized carbons (Fsp3) is 0.263. The summed E-state index contributed by atoms with van der Waals surface area (Å²) in [6, 6.07) is 11.9. The highest BCUT2D eigenvalue weighted by Gasteiger charge is 2.38. The van der Waals surface area contributed by atoms with Crippen molar-refractivity contribution in [2.45, 2.75) is 11.0 Å². The number of sulfonamides is 1. The van der Waals surface area contributed by atoms with Crippen LogP contribution in [0, 0.1) is 0 Å². The first kappa shape index (κ1) is 17.8. The summed E-state index contributed by atoms with van der Waals surface area (Å²) < 4.78 is 26.8. The lowest BCUT2D eigenvalue weighted by atomic mass is 10.1. The Morgan fingerprint density at radius 1 is 1.00 bits per heavy atom. The Kier molecular flexibility index (Phi) is 4.55. The van der Waals surface area contributed by atoms with E-state index in [0.717, 1.165) is 11.1 Å². The summed E-state index contributed by atoms with van der Waals surface area (Å²) in [7, 11) is -3.60. The molecule has 140 valence electrons. The Hall–Kier alpha value is -2.55. The summed E-state index contributed by atoms with van der Waals surface area (Å²) in [5.41, 5.74) is 2.41. The van der Waals surface area contributed by atoms with Gasteiger partial charge in [-0.3, -0.25) is 9.78 Å². The van der Waals surface area contributed by atoms with Crippen LogP contribution >= 0.6 is 0 Å². The van der Waals surface area contributed by atoms with Gasteiger partial charge in [0.05, 0.1) is 0 Å². The molecular weight excluding hydrogens is 366 g/mol. The summed E-state index contributed by atoms with van der Waals surface area (Å²) in [6.45, 7) is 1.21. The fourth-order valence-electron chi connectivity index (χ4n) is 3.47. The molecule has 0 saturated heterocycles. The van der Waals surface area contributed by atoms with Crippen molar-refractivity contribution in [2.75, 3.05) is 26.2 Å². The Balaban J connectivity index is 1.42. The van der Waals surface area contributed by atoms with E-state index in [1.165, 1.54) is 22.8 Å². The zero-order chi connectivity index (χ0) is 19.0. The molecule has 1 atom stereocenters. The van der Waals surface area contributed by atoms with Crippen LogP contribution in [0.5, 0.6) is 0 Å². The standard InChI is InChI=1S/C19H19N3O4S/c23-18(14-5-2-1-3-6-14)19(24)21-10-15-12-22(13-16(15)11-21)27(25,26)17-7-4-8-20-9-17/h1-9,18,23H,10-13H2. The first-order valence-electron chi connectivity index (χ1n) is 8.58. The van der Waals surface area contributed by atoms with Crippen molar-refractivity contribution in [1.82, 2.24) is 14.2 Å². The molecule has 0 saturated carbocycles. The molecule has 7 nitrogen and oxygen atoms in total. The number of nitrogens with zero attached hydrogens (tertiary/aromatic N) is 3. The Morgan fingerprint density at radius 3 is 2.26 bits per heavy atom. The van der Waals surface area contributed by atoms with E-state index in [-0.39, 0.29) is 23.9 Å². The minimum atomic E-state index is -3.60. The van der Waals surface area contributed by atoms with Crippen LogP contribution in [0.25, 0.3) is 0 Å². The number of hydrogen-bond acceptors (Lipinski definition) is 5. The number of carbonyl (C=O) groups excluding carboxylic acids is 1. The van der Waals surface area contributed by atoms with Crippen molar-refractivity contribution in [3.63, 3.8) is 0 Å². The molecule has 4 rings (SSSR count). The molecule has 0 bridgehead atoms. The normalized spacial score (nSPS) is 18.6. The Labute approximate surface area is 157 Å². The summed E-state index contributed by atoms with van der Waals surface area (Å²) in [5.74, 6) is -0.364.